The zero-order chi connectivity index (χ0) is 13.8. The maximum atomic E-state index is 9.44. The maximum absolute atomic E-state index is 9.44. The molecule has 19 heavy (non-hydrogen) atoms. The highest BCUT2D eigenvalue weighted by molar-refractivity contribution is 7.98. The molecule has 1 aliphatic rings. The van der Waals surface area contributed by atoms with E-state index >= 15 is 0 Å². The fraction of sp³-hybridized carbons (Fsp3) is 0.533. The Bertz CT molecular complexity index is 481. The standard InChI is InChI=1S/C15H21N3S/c1-4-12-11-18(9-8-17(12)2)14-6-5-7-15(19-3)13(14)10-16/h5-7,12H,4,8-9,11H2,1-3H3. The van der Waals surface area contributed by atoms with Gasteiger partial charge in [-0.2, -0.15) is 5.26 Å². The third-order valence-electron chi connectivity index (χ3n) is 3.92. The molecule has 0 aliphatic carbocycles. The van der Waals surface area contributed by atoms with E-state index in [-0.39, 0.29) is 0 Å². The van der Waals surface area contributed by atoms with Gasteiger partial charge in [0.25, 0.3) is 0 Å². The van der Waals surface area contributed by atoms with Gasteiger partial charge in [-0.1, -0.05) is 13.0 Å². The Morgan fingerprint density at radius 1 is 1.42 bits per heavy atom. The van der Waals surface area contributed by atoms with E-state index < -0.39 is 0 Å². The van der Waals surface area contributed by atoms with Crippen LogP contribution in [0.2, 0.25) is 0 Å². The van der Waals surface area contributed by atoms with Crippen molar-refractivity contribution in [2.45, 2.75) is 24.3 Å². The average Bonchev–Trinajstić information content (AvgIpc) is 2.46. The molecule has 0 radical (unpaired) electrons. The molecule has 2 rings (SSSR count). The Morgan fingerprint density at radius 2 is 2.21 bits per heavy atom. The molecule has 1 aliphatic heterocycles. The molecule has 1 aromatic carbocycles. The highest BCUT2D eigenvalue weighted by Gasteiger charge is 2.24. The van der Waals surface area contributed by atoms with Crippen LogP contribution in [0.1, 0.15) is 18.9 Å². The number of rotatable bonds is 3. The summed E-state index contributed by atoms with van der Waals surface area (Å²) in [6.45, 7) is 5.31. The second-order valence-corrected chi connectivity index (χ2v) is 5.80. The summed E-state index contributed by atoms with van der Waals surface area (Å²) >= 11 is 1.65. The summed E-state index contributed by atoms with van der Waals surface area (Å²) in [4.78, 5) is 5.86. The van der Waals surface area contributed by atoms with E-state index in [1.807, 2.05) is 12.3 Å². The summed E-state index contributed by atoms with van der Waals surface area (Å²) < 4.78 is 0. The van der Waals surface area contributed by atoms with Gasteiger partial charge in [-0.05, 0) is 31.9 Å². The number of nitrogens with zero attached hydrogens (tertiary/aromatic N) is 3. The third kappa shape index (κ3) is 2.88. The Kier molecular flexibility index (Phi) is 4.73. The number of thioether (sulfide) groups is 1. The van der Waals surface area contributed by atoms with Gasteiger partial charge in [0, 0.05) is 30.6 Å². The molecule has 1 atom stereocenters. The van der Waals surface area contributed by atoms with Gasteiger partial charge in [-0.15, -0.1) is 11.8 Å². The fourth-order valence-corrected chi connectivity index (χ4v) is 3.24. The number of hydrogen-bond donors (Lipinski definition) is 0. The molecule has 4 heteroatoms. The van der Waals surface area contributed by atoms with E-state index in [0.29, 0.717) is 6.04 Å². The van der Waals surface area contributed by atoms with Crippen LogP contribution in [-0.4, -0.2) is 43.9 Å². The van der Waals surface area contributed by atoms with Crippen molar-refractivity contribution in [3.8, 4) is 6.07 Å². The number of benzene rings is 1. The average molecular weight is 275 g/mol. The van der Waals surface area contributed by atoms with Crippen LogP contribution >= 0.6 is 11.8 Å². The van der Waals surface area contributed by atoms with Crippen molar-refractivity contribution in [1.29, 1.82) is 5.26 Å². The second kappa shape index (κ2) is 6.31. The van der Waals surface area contributed by atoms with Gasteiger partial charge in [0.1, 0.15) is 6.07 Å². The lowest BCUT2D eigenvalue weighted by Gasteiger charge is -2.40. The normalized spacial score (nSPS) is 20.3. The van der Waals surface area contributed by atoms with Gasteiger partial charge in [0.2, 0.25) is 0 Å². The third-order valence-corrected chi connectivity index (χ3v) is 4.71. The van der Waals surface area contributed by atoms with Crippen LogP contribution in [0.3, 0.4) is 0 Å². The zero-order valence-electron chi connectivity index (χ0n) is 11.9. The summed E-state index contributed by atoms with van der Waals surface area (Å²) in [5.41, 5.74) is 1.93. The van der Waals surface area contributed by atoms with Crippen molar-refractivity contribution in [3.05, 3.63) is 23.8 Å². The number of likely N-dealkylation sites (N-methyl/N-ethyl adjacent to an activating group) is 1. The lowest BCUT2D eigenvalue weighted by molar-refractivity contribution is 0.213. The molecule has 0 saturated carbocycles. The van der Waals surface area contributed by atoms with E-state index in [4.69, 9.17) is 0 Å². The lowest BCUT2D eigenvalue weighted by Crippen LogP contribution is -2.51. The molecule has 3 nitrogen and oxygen atoms in total. The molecule has 102 valence electrons. The van der Waals surface area contributed by atoms with E-state index in [9.17, 15) is 5.26 Å². The lowest BCUT2D eigenvalue weighted by atomic mass is 10.1. The van der Waals surface area contributed by atoms with Gasteiger partial charge in [-0.3, -0.25) is 4.90 Å². The van der Waals surface area contributed by atoms with Crippen molar-refractivity contribution in [2.24, 2.45) is 0 Å². The summed E-state index contributed by atoms with van der Waals surface area (Å²) in [7, 11) is 2.19. The van der Waals surface area contributed by atoms with Gasteiger partial charge < -0.3 is 4.90 Å². The van der Waals surface area contributed by atoms with Crippen molar-refractivity contribution >= 4 is 17.4 Å². The van der Waals surface area contributed by atoms with Gasteiger partial charge >= 0.3 is 0 Å². The largest absolute Gasteiger partial charge is 0.368 e. The second-order valence-electron chi connectivity index (χ2n) is 4.95. The molecule has 0 N–H and O–H groups in total. The molecule has 0 amide bonds. The number of anilines is 1. The smallest absolute Gasteiger partial charge is 0.103 e. The predicted octanol–water partition coefficient (Wildman–Crippen LogP) is 2.81. The molecule has 1 fully saturated rings. The van der Waals surface area contributed by atoms with Crippen LogP contribution in [0, 0.1) is 11.3 Å². The predicted molar refractivity (Wildman–Crippen MR) is 81.9 cm³/mol. The summed E-state index contributed by atoms with van der Waals surface area (Å²) in [5.74, 6) is 0. The van der Waals surface area contributed by atoms with Crippen LogP contribution in [0.4, 0.5) is 5.69 Å². The first kappa shape index (κ1) is 14.2. The van der Waals surface area contributed by atoms with E-state index in [1.165, 1.54) is 0 Å². The van der Waals surface area contributed by atoms with Crippen molar-refractivity contribution in [3.63, 3.8) is 0 Å². The first-order valence-corrected chi connectivity index (χ1v) is 7.96. The van der Waals surface area contributed by atoms with Crippen molar-refractivity contribution in [1.82, 2.24) is 4.90 Å². The Morgan fingerprint density at radius 3 is 2.84 bits per heavy atom. The van der Waals surface area contributed by atoms with E-state index in [2.05, 4.69) is 42.0 Å². The SMILES string of the molecule is CCC1CN(c2cccc(SC)c2C#N)CCN1C. The van der Waals surface area contributed by atoms with Gasteiger partial charge in [0.15, 0.2) is 0 Å². The van der Waals surface area contributed by atoms with Crippen LogP contribution < -0.4 is 4.90 Å². The molecular formula is C15H21N3S. The summed E-state index contributed by atoms with van der Waals surface area (Å²) in [6.07, 6.45) is 3.18. The maximum Gasteiger partial charge on any atom is 0.103 e. The van der Waals surface area contributed by atoms with Crippen LogP contribution in [0.15, 0.2) is 23.1 Å². The molecule has 0 aromatic heterocycles. The van der Waals surface area contributed by atoms with Gasteiger partial charge in [0.05, 0.1) is 11.3 Å². The molecule has 1 heterocycles. The van der Waals surface area contributed by atoms with Crippen LogP contribution in [0.5, 0.6) is 0 Å². The quantitative estimate of drug-likeness (QED) is 0.794. The monoisotopic (exact) mass is 275 g/mol. The minimum Gasteiger partial charge on any atom is -0.368 e. The number of hydrogen-bond acceptors (Lipinski definition) is 4. The van der Waals surface area contributed by atoms with Crippen LogP contribution in [-0.2, 0) is 0 Å². The Balaban J connectivity index is 2.30. The van der Waals surface area contributed by atoms with Crippen molar-refractivity contribution < 1.29 is 0 Å². The highest BCUT2D eigenvalue weighted by Crippen LogP contribution is 2.30. The molecule has 1 saturated heterocycles. The highest BCUT2D eigenvalue weighted by atomic mass is 32.2. The molecule has 1 unspecified atom stereocenters. The topological polar surface area (TPSA) is 30.3 Å². The van der Waals surface area contributed by atoms with Crippen molar-refractivity contribution in [2.75, 3.05) is 37.8 Å². The molecule has 1 aromatic rings. The van der Waals surface area contributed by atoms with E-state index in [0.717, 1.165) is 42.2 Å². The Hall–Kier alpha value is -1.18. The number of piperazine rings is 1. The Labute approximate surface area is 120 Å². The number of nitriles is 1. The molecule has 0 spiro atoms. The first-order valence-electron chi connectivity index (χ1n) is 6.73. The molecule has 0 bridgehead atoms. The fourth-order valence-electron chi connectivity index (χ4n) is 2.67. The minimum atomic E-state index is 0.582. The van der Waals surface area contributed by atoms with Gasteiger partial charge in [-0.25, -0.2) is 0 Å². The first-order chi connectivity index (χ1) is 9.21. The summed E-state index contributed by atoms with van der Waals surface area (Å²) in [6, 6.07) is 9.13. The zero-order valence-corrected chi connectivity index (χ0v) is 12.7. The minimum absolute atomic E-state index is 0.582. The summed E-state index contributed by atoms with van der Waals surface area (Å²) in [5, 5.41) is 9.44. The van der Waals surface area contributed by atoms with E-state index in [1.54, 1.807) is 11.8 Å². The van der Waals surface area contributed by atoms with Crippen LogP contribution in [0.25, 0.3) is 0 Å². The molecular weight excluding hydrogens is 254 g/mol.